The van der Waals surface area contributed by atoms with Gasteiger partial charge in [0.05, 0.1) is 23.9 Å². The van der Waals surface area contributed by atoms with Crippen LogP contribution in [0.4, 0.5) is 5.13 Å². The summed E-state index contributed by atoms with van der Waals surface area (Å²) in [4.78, 5) is 33.2. The number of benzene rings is 2. The van der Waals surface area contributed by atoms with Crippen molar-refractivity contribution in [2.24, 2.45) is 0 Å². The Bertz CT molecular complexity index is 1190. The van der Waals surface area contributed by atoms with Crippen molar-refractivity contribution < 1.29 is 19.4 Å². The third kappa shape index (κ3) is 3.80. The van der Waals surface area contributed by atoms with Crippen LogP contribution in [-0.4, -0.2) is 28.4 Å². The number of amides is 1. The van der Waals surface area contributed by atoms with Crippen LogP contribution in [0.3, 0.4) is 0 Å². The Balaban J connectivity index is 1.90. The summed E-state index contributed by atoms with van der Waals surface area (Å²) in [7, 11) is 0. The van der Waals surface area contributed by atoms with Crippen molar-refractivity contribution in [3.8, 4) is 5.75 Å². The van der Waals surface area contributed by atoms with Gasteiger partial charge in [-0.15, -0.1) is 11.3 Å². The molecule has 1 aliphatic heterocycles. The highest BCUT2D eigenvalue weighted by atomic mass is 32.1. The van der Waals surface area contributed by atoms with Gasteiger partial charge in [0.2, 0.25) is 0 Å². The van der Waals surface area contributed by atoms with E-state index in [0.29, 0.717) is 28.6 Å². The lowest BCUT2D eigenvalue weighted by molar-refractivity contribution is -0.132. The standard InChI is InChI=1S/C25H24N2O4S/c1-5-31-19-12-10-17(11-13-19)21-20(22(28)18-8-6-14(2)7-9-18)23(29)24(30)27(21)25-26-15(3)16(4)32-25/h6-13,21,28H,5H2,1-4H3. The quantitative estimate of drug-likeness (QED) is 0.334. The van der Waals surface area contributed by atoms with Crippen molar-refractivity contribution >= 4 is 33.9 Å². The zero-order chi connectivity index (χ0) is 23.0. The molecule has 6 nitrogen and oxygen atoms in total. The van der Waals surface area contributed by atoms with Gasteiger partial charge < -0.3 is 9.84 Å². The van der Waals surface area contributed by atoms with Crippen molar-refractivity contribution in [3.05, 3.63) is 81.4 Å². The number of anilines is 1. The third-order valence-corrected chi connectivity index (χ3v) is 6.57. The summed E-state index contributed by atoms with van der Waals surface area (Å²) in [5.74, 6) is -0.943. The number of carbonyl (C=O) groups is 2. The van der Waals surface area contributed by atoms with Crippen LogP contribution >= 0.6 is 11.3 Å². The van der Waals surface area contributed by atoms with E-state index < -0.39 is 17.7 Å². The average Bonchev–Trinajstić information content (AvgIpc) is 3.24. The minimum Gasteiger partial charge on any atom is -0.507 e. The zero-order valence-electron chi connectivity index (χ0n) is 18.4. The van der Waals surface area contributed by atoms with E-state index in [1.54, 1.807) is 24.3 Å². The molecule has 3 aromatic rings. The molecule has 0 aliphatic carbocycles. The monoisotopic (exact) mass is 448 g/mol. The Morgan fingerprint density at radius 2 is 1.72 bits per heavy atom. The first kappa shape index (κ1) is 21.8. The van der Waals surface area contributed by atoms with Crippen LogP contribution in [0.25, 0.3) is 5.76 Å². The average molecular weight is 449 g/mol. The second-order valence-electron chi connectivity index (χ2n) is 7.68. The summed E-state index contributed by atoms with van der Waals surface area (Å²) in [6.45, 7) is 8.16. The van der Waals surface area contributed by atoms with Gasteiger partial charge in [0.15, 0.2) is 5.13 Å². The molecule has 7 heteroatoms. The van der Waals surface area contributed by atoms with Crippen LogP contribution in [-0.2, 0) is 9.59 Å². The third-order valence-electron chi connectivity index (χ3n) is 5.50. The topological polar surface area (TPSA) is 79.7 Å². The molecule has 1 saturated heterocycles. The van der Waals surface area contributed by atoms with E-state index in [9.17, 15) is 14.7 Å². The Morgan fingerprint density at radius 3 is 2.28 bits per heavy atom. The number of aryl methyl sites for hydroxylation is 3. The molecule has 1 aliphatic rings. The van der Waals surface area contributed by atoms with Gasteiger partial charge in [-0.25, -0.2) is 4.98 Å². The maximum Gasteiger partial charge on any atom is 0.301 e. The molecule has 0 bridgehead atoms. The second kappa shape index (κ2) is 8.59. The molecule has 1 N–H and O–H groups in total. The Labute approximate surface area is 190 Å². The molecule has 0 spiro atoms. The summed E-state index contributed by atoms with van der Waals surface area (Å²) in [6, 6.07) is 13.6. The number of carbonyl (C=O) groups excluding carboxylic acids is 2. The molecule has 164 valence electrons. The highest BCUT2D eigenvalue weighted by molar-refractivity contribution is 7.16. The van der Waals surface area contributed by atoms with E-state index in [2.05, 4.69) is 4.98 Å². The first-order valence-electron chi connectivity index (χ1n) is 10.4. The molecule has 32 heavy (non-hydrogen) atoms. The second-order valence-corrected chi connectivity index (χ2v) is 8.86. The van der Waals surface area contributed by atoms with Gasteiger partial charge in [0, 0.05) is 10.4 Å². The molecule has 0 radical (unpaired) electrons. The summed E-state index contributed by atoms with van der Waals surface area (Å²) in [5.41, 5.74) is 3.05. The molecule has 1 fully saturated rings. The largest absolute Gasteiger partial charge is 0.507 e. The van der Waals surface area contributed by atoms with E-state index in [1.807, 2.05) is 52.0 Å². The van der Waals surface area contributed by atoms with Gasteiger partial charge in [0.1, 0.15) is 11.5 Å². The maximum absolute atomic E-state index is 13.2. The number of aromatic nitrogens is 1. The molecule has 1 atom stereocenters. The van der Waals surface area contributed by atoms with E-state index in [1.165, 1.54) is 16.2 Å². The van der Waals surface area contributed by atoms with Gasteiger partial charge in [-0.2, -0.15) is 0 Å². The predicted octanol–water partition coefficient (Wildman–Crippen LogP) is 5.09. The van der Waals surface area contributed by atoms with Crippen LogP contribution in [0.2, 0.25) is 0 Å². The summed E-state index contributed by atoms with van der Waals surface area (Å²) in [6.07, 6.45) is 0. The number of hydrogen-bond acceptors (Lipinski definition) is 6. The highest BCUT2D eigenvalue weighted by Crippen LogP contribution is 2.44. The molecule has 1 aromatic heterocycles. The van der Waals surface area contributed by atoms with E-state index >= 15 is 0 Å². The molecular formula is C25H24N2O4S. The molecule has 1 amide bonds. The van der Waals surface area contributed by atoms with E-state index in [-0.39, 0.29) is 11.3 Å². The molecule has 2 heterocycles. The lowest BCUT2D eigenvalue weighted by Gasteiger charge is -2.23. The molecule has 2 aromatic carbocycles. The minimum absolute atomic E-state index is 0.0496. The van der Waals surface area contributed by atoms with Crippen LogP contribution in [0.15, 0.2) is 54.1 Å². The summed E-state index contributed by atoms with van der Waals surface area (Å²) < 4.78 is 5.53. The number of hydrogen-bond donors (Lipinski definition) is 1. The van der Waals surface area contributed by atoms with E-state index in [4.69, 9.17) is 4.74 Å². The van der Waals surface area contributed by atoms with Crippen molar-refractivity contribution in [2.75, 3.05) is 11.5 Å². The fraction of sp³-hybridized carbons (Fsp3) is 0.240. The van der Waals surface area contributed by atoms with E-state index in [0.717, 1.165) is 16.1 Å². The molecule has 0 saturated carbocycles. The predicted molar refractivity (Wildman–Crippen MR) is 125 cm³/mol. The smallest absolute Gasteiger partial charge is 0.301 e. The van der Waals surface area contributed by atoms with Gasteiger partial charge in [-0.3, -0.25) is 14.5 Å². The van der Waals surface area contributed by atoms with Crippen LogP contribution < -0.4 is 9.64 Å². The number of Topliss-reactive ketones (excluding diaryl/α,β-unsaturated/α-hetero) is 1. The van der Waals surface area contributed by atoms with Gasteiger partial charge in [-0.1, -0.05) is 42.0 Å². The zero-order valence-corrected chi connectivity index (χ0v) is 19.2. The fourth-order valence-corrected chi connectivity index (χ4v) is 4.62. The fourth-order valence-electron chi connectivity index (χ4n) is 3.68. The first-order valence-corrected chi connectivity index (χ1v) is 11.2. The number of ether oxygens (including phenoxy) is 1. The van der Waals surface area contributed by atoms with Crippen molar-refractivity contribution in [1.29, 1.82) is 0 Å². The summed E-state index contributed by atoms with van der Waals surface area (Å²) in [5, 5.41) is 11.6. The highest BCUT2D eigenvalue weighted by Gasteiger charge is 2.48. The number of thiazole rings is 1. The van der Waals surface area contributed by atoms with Crippen LogP contribution in [0.1, 0.15) is 40.2 Å². The normalized spacial score (nSPS) is 17.8. The lowest BCUT2D eigenvalue weighted by atomic mass is 9.95. The summed E-state index contributed by atoms with van der Waals surface area (Å²) >= 11 is 1.35. The SMILES string of the molecule is CCOc1ccc(C2C(=C(O)c3ccc(C)cc3)C(=O)C(=O)N2c2nc(C)c(C)s2)cc1. The Kier molecular flexibility index (Phi) is 5.84. The number of ketones is 1. The number of rotatable bonds is 5. The molecular weight excluding hydrogens is 424 g/mol. The number of nitrogens with zero attached hydrogens (tertiary/aromatic N) is 2. The Hall–Kier alpha value is -3.45. The number of aliphatic hydroxyl groups is 1. The van der Waals surface area contributed by atoms with Gasteiger partial charge in [-0.05, 0) is 45.4 Å². The van der Waals surface area contributed by atoms with Crippen molar-refractivity contribution in [3.63, 3.8) is 0 Å². The lowest BCUT2D eigenvalue weighted by Crippen LogP contribution is -2.29. The minimum atomic E-state index is -0.795. The van der Waals surface area contributed by atoms with Crippen LogP contribution in [0, 0.1) is 20.8 Å². The first-order chi connectivity index (χ1) is 15.3. The maximum atomic E-state index is 13.2. The van der Waals surface area contributed by atoms with Crippen LogP contribution in [0.5, 0.6) is 5.75 Å². The Morgan fingerprint density at radius 1 is 1.06 bits per heavy atom. The van der Waals surface area contributed by atoms with Gasteiger partial charge >= 0.3 is 5.91 Å². The van der Waals surface area contributed by atoms with Crippen molar-refractivity contribution in [1.82, 2.24) is 4.98 Å². The number of aliphatic hydroxyl groups excluding tert-OH is 1. The van der Waals surface area contributed by atoms with Gasteiger partial charge in [0.25, 0.3) is 5.78 Å². The molecule has 4 rings (SSSR count). The van der Waals surface area contributed by atoms with Crippen molar-refractivity contribution in [2.45, 2.75) is 33.7 Å². The molecule has 1 unspecified atom stereocenters.